The lowest BCUT2D eigenvalue weighted by atomic mass is 10.3. The second-order valence-corrected chi connectivity index (χ2v) is 4.31. The average Bonchev–Trinajstić information content (AvgIpc) is 2.58. The van der Waals surface area contributed by atoms with Crippen LogP contribution < -0.4 is 5.32 Å². The first kappa shape index (κ1) is 12.3. The van der Waals surface area contributed by atoms with E-state index >= 15 is 0 Å². The third kappa shape index (κ3) is 3.37. The molecule has 0 saturated carbocycles. The lowest BCUT2D eigenvalue weighted by Gasteiger charge is -1.94. The first-order valence-corrected chi connectivity index (χ1v) is 5.63. The molecule has 4 nitrogen and oxygen atoms in total. The van der Waals surface area contributed by atoms with Crippen LogP contribution in [0.25, 0.3) is 0 Å². The monoisotopic (exact) mass is 228 g/mol. The smallest absolute Gasteiger partial charge is 0.193 e. The summed E-state index contributed by atoms with van der Waals surface area (Å²) in [6, 6.07) is 0. The number of nitrogens with zero attached hydrogens (tertiary/aromatic N) is 1. The predicted molar refractivity (Wildman–Crippen MR) is 60.4 cm³/mol. The fraction of sp³-hybridized carbons (Fsp3) is 0.600. The van der Waals surface area contributed by atoms with Crippen LogP contribution in [0.15, 0.2) is 0 Å². The summed E-state index contributed by atoms with van der Waals surface area (Å²) in [6.07, 6.45) is 0.405. The average molecular weight is 228 g/mol. The first-order valence-electron chi connectivity index (χ1n) is 4.82. The molecule has 0 fully saturated rings. The molecule has 5 heteroatoms. The minimum atomic E-state index is 0.0623. The molecule has 0 amide bonds. The number of ether oxygens (including phenoxy) is 1. The summed E-state index contributed by atoms with van der Waals surface area (Å²) < 4.78 is 4.86. The van der Waals surface area contributed by atoms with Crippen molar-refractivity contribution in [3.8, 4) is 0 Å². The molecule has 0 spiro atoms. The van der Waals surface area contributed by atoms with Gasteiger partial charge in [-0.1, -0.05) is 0 Å². The second-order valence-electron chi connectivity index (χ2n) is 3.22. The van der Waals surface area contributed by atoms with E-state index in [0.29, 0.717) is 18.0 Å². The number of methoxy groups -OCH3 is 1. The lowest BCUT2D eigenvalue weighted by Crippen LogP contribution is -2.04. The van der Waals surface area contributed by atoms with Crippen LogP contribution in [0.5, 0.6) is 0 Å². The highest BCUT2D eigenvalue weighted by molar-refractivity contribution is 7.13. The van der Waals surface area contributed by atoms with Crippen LogP contribution in [0.1, 0.15) is 26.8 Å². The summed E-state index contributed by atoms with van der Waals surface area (Å²) in [7, 11) is 3.47. The topological polar surface area (TPSA) is 51.2 Å². The number of thiazole rings is 1. The first-order chi connectivity index (χ1) is 7.19. The molecule has 0 radical (unpaired) electrons. The molecule has 1 aromatic heterocycles. The normalized spacial score (nSPS) is 10.6. The number of hydrogen-bond donors (Lipinski definition) is 1. The van der Waals surface area contributed by atoms with Gasteiger partial charge in [-0.2, -0.15) is 0 Å². The molecule has 0 aliphatic rings. The van der Waals surface area contributed by atoms with E-state index in [0.717, 1.165) is 17.1 Å². The van der Waals surface area contributed by atoms with E-state index in [2.05, 4.69) is 10.3 Å². The Kier molecular flexibility index (Phi) is 4.87. The van der Waals surface area contributed by atoms with Gasteiger partial charge in [0.25, 0.3) is 0 Å². The fourth-order valence-electron chi connectivity index (χ4n) is 1.17. The van der Waals surface area contributed by atoms with E-state index < -0.39 is 0 Å². The van der Waals surface area contributed by atoms with Crippen LogP contribution >= 0.6 is 11.3 Å². The number of Topliss-reactive ketones (excluding diaryl/α,β-unsaturated/α-hetero) is 1. The number of carbonyl (C=O) groups excluding carboxylic acids is 1. The maximum atomic E-state index is 11.6. The highest BCUT2D eigenvalue weighted by Gasteiger charge is 2.13. The Morgan fingerprint density at radius 2 is 2.33 bits per heavy atom. The van der Waals surface area contributed by atoms with Crippen LogP contribution in [0.3, 0.4) is 0 Å². The molecule has 0 aliphatic heterocycles. The molecule has 1 aromatic rings. The van der Waals surface area contributed by atoms with Crippen molar-refractivity contribution in [3.05, 3.63) is 15.6 Å². The number of hydrogen-bond acceptors (Lipinski definition) is 5. The summed E-state index contributed by atoms with van der Waals surface area (Å²) in [6.45, 7) is 3.15. The number of nitrogens with one attached hydrogen (secondary N) is 1. The van der Waals surface area contributed by atoms with Gasteiger partial charge in [-0.25, -0.2) is 4.98 Å². The molecule has 1 N–H and O–H groups in total. The van der Waals surface area contributed by atoms with Crippen LogP contribution in [-0.4, -0.2) is 31.5 Å². The summed E-state index contributed by atoms with van der Waals surface area (Å²) >= 11 is 1.46. The molecule has 0 aromatic carbocycles. The van der Waals surface area contributed by atoms with E-state index in [1.165, 1.54) is 11.3 Å². The molecule has 84 valence electrons. The molecule has 0 unspecified atom stereocenters. The Bertz CT molecular complexity index is 336. The number of aryl methyl sites for hydroxylation is 1. The van der Waals surface area contributed by atoms with Gasteiger partial charge in [-0.15, -0.1) is 11.3 Å². The van der Waals surface area contributed by atoms with Crippen molar-refractivity contribution < 1.29 is 9.53 Å². The molecular formula is C10H16N2O2S. The third-order valence-corrected chi connectivity index (χ3v) is 3.20. The number of rotatable bonds is 6. The molecule has 15 heavy (non-hydrogen) atoms. The maximum Gasteiger partial charge on any atom is 0.193 e. The summed E-state index contributed by atoms with van der Waals surface area (Å²) in [5, 5.41) is 3.65. The molecule has 1 heterocycles. The van der Waals surface area contributed by atoms with Crippen LogP contribution in [0, 0.1) is 6.92 Å². The van der Waals surface area contributed by atoms with Crippen molar-refractivity contribution in [2.75, 3.05) is 20.8 Å². The molecule has 0 saturated heterocycles. The highest BCUT2D eigenvalue weighted by Crippen LogP contribution is 2.19. The maximum absolute atomic E-state index is 11.6. The number of aromatic nitrogens is 1. The third-order valence-electron chi connectivity index (χ3n) is 2.00. The van der Waals surface area contributed by atoms with Gasteiger partial charge >= 0.3 is 0 Å². The van der Waals surface area contributed by atoms with Crippen molar-refractivity contribution in [1.29, 1.82) is 0 Å². The highest BCUT2D eigenvalue weighted by atomic mass is 32.1. The van der Waals surface area contributed by atoms with E-state index in [4.69, 9.17) is 4.74 Å². The second kappa shape index (κ2) is 5.95. The van der Waals surface area contributed by atoms with Crippen molar-refractivity contribution in [3.63, 3.8) is 0 Å². The summed E-state index contributed by atoms with van der Waals surface area (Å²) in [5.41, 5.74) is 0.940. The van der Waals surface area contributed by atoms with Gasteiger partial charge in [0, 0.05) is 25.0 Å². The van der Waals surface area contributed by atoms with Crippen LogP contribution in [-0.2, 0) is 11.3 Å². The number of carbonyl (C=O) groups is 1. The zero-order valence-corrected chi connectivity index (χ0v) is 10.1. The fourth-order valence-corrected chi connectivity index (χ4v) is 2.22. The molecule has 0 bridgehead atoms. The number of ketones is 1. The Morgan fingerprint density at radius 1 is 1.60 bits per heavy atom. The molecule has 1 rings (SSSR count). The largest absolute Gasteiger partial charge is 0.384 e. The summed E-state index contributed by atoms with van der Waals surface area (Å²) in [4.78, 5) is 17.0. The van der Waals surface area contributed by atoms with Gasteiger partial charge in [0.2, 0.25) is 0 Å². The Morgan fingerprint density at radius 3 is 2.93 bits per heavy atom. The SMILES string of the molecule is CNCc1sc(C(=O)CCOC)nc1C. The Hall–Kier alpha value is -0.780. The van der Waals surface area contributed by atoms with Crippen molar-refractivity contribution in [2.24, 2.45) is 0 Å². The zero-order chi connectivity index (χ0) is 11.3. The van der Waals surface area contributed by atoms with Gasteiger partial charge in [0.1, 0.15) is 0 Å². The van der Waals surface area contributed by atoms with Crippen molar-refractivity contribution >= 4 is 17.1 Å². The Balaban J connectivity index is 2.69. The van der Waals surface area contributed by atoms with Gasteiger partial charge in [-0.05, 0) is 14.0 Å². The van der Waals surface area contributed by atoms with E-state index in [1.807, 2.05) is 14.0 Å². The molecule has 0 atom stereocenters. The van der Waals surface area contributed by atoms with Crippen molar-refractivity contribution in [1.82, 2.24) is 10.3 Å². The Labute approximate surface area is 93.7 Å². The van der Waals surface area contributed by atoms with Gasteiger partial charge in [0.05, 0.1) is 12.3 Å². The van der Waals surface area contributed by atoms with E-state index in [1.54, 1.807) is 7.11 Å². The molecule has 0 aliphatic carbocycles. The van der Waals surface area contributed by atoms with Gasteiger partial charge in [-0.3, -0.25) is 4.79 Å². The minimum Gasteiger partial charge on any atom is -0.384 e. The van der Waals surface area contributed by atoms with Gasteiger partial charge in [0.15, 0.2) is 10.8 Å². The zero-order valence-electron chi connectivity index (χ0n) is 9.29. The van der Waals surface area contributed by atoms with E-state index in [-0.39, 0.29) is 5.78 Å². The van der Waals surface area contributed by atoms with Gasteiger partial charge < -0.3 is 10.1 Å². The van der Waals surface area contributed by atoms with E-state index in [9.17, 15) is 4.79 Å². The predicted octanol–water partition coefficient (Wildman–Crippen LogP) is 1.39. The quantitative estimate of drug-likeness (QED) is 0.748. The minimum absolute atomic E-state index is 0.0623. The standard InChI is InChI=1S/C10H16N2O2S/c1-7-9(6-11-2)15-10(12-7)8(13)4-5-14-3/h11H,4-6H2,1-3H3. The molecular weight excluding hydrogens is 212 g/mol. The van der Waals surface area contributed by atoms with Crippen LogP contribution in [0.2, 0.25) is 0 Å². The lowest BCUT2D eigenvalue weighted by molar-refractivity contribution is 0.0931. The summed E-state index contributed by atoms with van der Waals surface area (Å²) in [5.74, 6) is 0.0623. The van der Waals surface area contributed by atoms with Crippen molar-refractivity contribution in [2.45, 2.75) is 19.9 Å². The van der Waals surface area contributed by atoms with Crippen LogP contribution in [0.4, 0.5) is 0 Å².